The van der Waals surface area contributed by atoms with Crippen LogP contribution in [0.5, 0.6) is 0 Å². The third-order valence-corrected chi connectivity index (χ3v) is 7.87. The zero-order chi connectivity index (χ0) is 24.3. The summed E-state index contributed by atoms with van der Waals surface area (Å²) in [5, 5.41) is 3.56. The molecule has 0 amide bonds. The SMILES string of the molecule is C[Si](C)(C)c1ccc[c-]c1-c1cc2oc3ccccc3c2cn1.[Ir].[c-]1ccccc1-c1ccccn1. The van der Waals surface area contributed by atoms with Gasteiger partial charge in [0.1, 0.15) is 11.2 Å². The van der Waals surface area contributed by atoms with Gasteiger partial charge < -0.3 is 14.4 Å². The van der Waals surface area contributed by atoms with Crippen LogP contribution in [0, 0.1) is 12.1 Å². The normalized spacial score (nSPS) is 11.0. The van der Waals surface area contributed by atoms with Crippen molar-refractivity contribution in [3.63, 3.8) is 0 Å². The maximum absolute atomic E-state index is 6.00. The molecule has 0 spiro atoms. The minimum atomic E-state index is -1.46. The van der Waals surface area contributed by atoms with Crippen molar-refractivity contribution in [1.82, 2.24) is 9.97 Å². The van der Waals surface area contributed by atoms with Gasteiger partial charge in [0.25, 0.3) is 0 Å². The smallest absolute Gasteiger partial charge is 0.135 e. The van der Waals surface area contributed by atoms with Crippen molar-refractivity contribution in [2.75, 3.05) is 0 Å². The van der Waals surface area contributed by atoms with E-state index in [2.05, 4.69) is 55.0 Å². The van der Waals surface area contributed by atoms with Crippen molar-refractivity contribution in [2.45, 2.75) is 19.6 Å². The first-order chi connectivity index (χ1) is 17.0. The number of furan rings is 1. The third-order valence-electron chi connectivity index (χ3n) is 5.83. The van der Waals surface area contributed by atoms with Crippen molar-refractivity contribution >= 4 is 35.2 Å². The first-order valence-corrected chi connectivity index (χ1v) is 15.2. The maximum Gasteiger partial charge on any atom is 0.135 e. The fourth-order valence-corrected chi connectivity index (χ4v) is 5.65. The molecule has 6 rings (SSSR count). The quantitative estimate of drug-likeness (QED) is 0.145. The molecule has 3 aromatic carbocycles. The number of hydrogen-bond acceptors (Lipinski definition) is 3. The summed E-state index contributed by atoms with van der Waals surface area (Å²) in [7, 11) is -1.46. The molecule has 0 N–H and O–H groups in total. The van der Waals surface area contributed by atoms with Crippen LogP contribution < -0.4 is 5.19 Å². The number of aromatic nitrogens is 2. The van der Waals surface area contributed by atoms with Crippen molar-refractivity contribution < 1.29 is 24.5 Å². The Morgan fingerprint density at radius 2 is 1.47 bits per heavy atom. The van der Waals surface area contributed by atoms with Crippen LogP contribution in [0.3, 0.4) is 0 Å². The van der Waals surface area contributed by atoms with Crippen molar-refractivity contribution in [3.05, 3.63) is 116 Å². The largest absolute Gasteiger partial charge is 0.457 e. The summed E-state index contributed by atoms with van der Waals surface area (Å²) >= 11 is 0. The molecular formula is C31H26IrN2OSi-2. The average Bonchev–Trinajstić information content (AvgIpc) is 3.27. The van der Waals surface area contributed by atoms with Crippen molar-refractivity contribution in [1.29, 1.82) is 0 Å². The van der Waals surface area contributed by atoms with Crippen molar-refractivity contribution in [2.24, 2.45) is 0 Å². The number of hydrogen-bond donors (Lipinski definition) is 0. The van der Waals surface area contributed by atoms with Crippen LogP contribution in [0.2, 0.25) is 19.6 Å². The topological polar surface area (TPSA) is 38.9 Å². The van der Waals surface area contributed by atoms with E-state index in [-0.39, 0.29) is 20.1 Å². The molecular weight excluding hydrogens is 637 g/mol. The summed E-state index contributed by atoms with van der Waals surface area (Å²) in [6.45, 7) is 7.04. The van der Waals surface area contributed by atoms with E-state index in [1.54, 1.807) is 6.20 Å². The van der Waals surface area contributed by atoms with Gasteiger partial charge in [0.05, 0.1) is 0 Å². The van der Waals surface area contributed by atoms with Crippen LogP contribution in [0.1, 0.15) is 0 Å². The van der Waals surface area contributed by atoms with E-state index in [0.29, 0.717) is 0 Å². The predicted octanol–water partition coefficient (Wildman–Crippen LogP) is 7.54. The standard InChI is InChI=1S/C20H18NOSi.C11H8N.Ir/c1-23(2,3)20-11-7-5-9-15(20)17-12-19-16(13-21-17)14-8-4-6-10-18(14)22-19;1-2-6-10(7-3-1)11-8-4-5-9-12-11;/h4-8,10-13H,1-3H3;1-6,8-9H;/q2*-1;. The molecule has 5 heteroatoms. The fraction of sp³-hybridized carbons (Fsp3) is 0.0968. The predicted molar refractivity (Wildman–Crippen MR) is 147 cm³/mol. The second-order valence-corrected chi connectivity index (χ2v) is 14.4. The van der Waals surface area contributed by atoms with Crippen LogP contribution in [0.25, 0.3) is 44.5 Å². The van der Waals surface area contributed by atoms with Gasteiger partial charge in [-0.05, 0) is 29.6 Å². The van der Waals surface area contributed by atoms with Crippen LogP contribution in [0.4, 0.5) is 0 Å². The second-order valence-electron chi connectivity index (χ2n) is 9.36. The van der Waals surface area contributed by atoms with E-state index in [9.17, 15) is 0 Å². The molecule has 36 heavy (non-hydrogen) atoms. The number of para-hydroxylation sites is 1. The van der Waals surface area contributed by atoms with Gasteiger partial charge in [-0.2, -0.15) is 0 Å². The molecule has 0 aliphatic rings. The number of rotatable bonds is 3. The van der Waals surface area contributed by atoms with Crippen molar-refractivity contribution in [3.8, 4) is 22.5 Å². The summed E-state index contributed by atoms with van der Waals surface area (Å²) in [5.74, 6) is 0. The number of nitrogens with zero attached hydrogens (tertiary/aromatic N) is 2. The molecule has 3 heterocycles. The fourth-order valence-electron chi connectivity index (χ4n) is 4.11. The first-order valence-electron chi connectivity index (χ1n) is 11.7. The molecule has 6 aromatic rings. The van der Waals surface area contributed by atoms with Gasteiger partial charge in [-0.25, -0.2) is 0 Å². The first kappa shape index (κ1) is 25.7. The average molecular weight is 663 g/mol. The van der Waals surface area contributed by atoms with Gasteiger partial charge in [0.2, 0.25) is 0 Å². The Bertz CT molecular complexity index is 1540. The minimum absolute atomic E-state index is 0. The summed E-state index contributed by atoms with van der Waals surface area (Å²) in [5.41, 5.74) is 5.85. The van der Waals surface area contributed by atoms with Crippen LogP contribution in [-0.4, -0.2) is 18.0 Å². The minimum Gasteiger partial charge on any atom is -0.457 e. The molecule has 0 atom stereocenters. The second kappa shape index (κ2) is 11.1. The summed E-state index contributed by atoms with van der Waals surface area (Å²) in [6.07, 6.45) is 3.71. The molecule has 0 saturated heterocycles. The van der Waals surface area contributed by atoms with E-state index in [1.807, 2.05) is 79.0 Å². The van der Waals surface area contributed by atoms with E-state index in [0.717, 1.165) is 44.5 Å². The molecule has 0 bridgehead atoms. The van der Waals surface area contributed by atoms with Gasteiger partial charge >= 0.3 is 0 Å². The molecule has 181 valence electrons. The third kappa shape index (κ3) is 5.54. The van der Waals surface area contributed by atoms with Crippen LogP contribution in [0.15, 0.2) is 108 Å². The molecule has 3 nitrogen and oxygen atoms in total. The van der Waals surface area contributed by atoms with Gasteiger partial charge in [-0.1, -0.05) is 50.0 Å². The van der Waals surface area contributed by atoms with E-state index < -0.39 is 8.07 Å². The Balaban J connectivity index is 0.000000198. The maximum atomic E-state index is 6.00. The molecule has 3 aromatic heterocycles. The Labute approximate surface area is 226 Å². The molecule has 0 aliphatic heterocycles. The Hall–Kier alpha value is -3.37. The van der Waals surface area contributed by atoms with Gasteiger partial charge in [0.15, 0.2) is 0 Å². The zero-order valence-corrected chi connectivity index (χ0v) is 23.8. The van der Waals surface area contributed by atoms with Gasteiger partial charge in [0, 0.05) is 51.3 Å². The Morgan fingerprint density at radius 3 is 2.22 bits per heavy atom. The zero-order valence-electron chi connectivity index (χ0n) is 20.5. The van der Waals surface area contributed by atoms with E-state index in [4.69, 9.17) is 9.40 Å². The summed E-state index contributed by atoms with van der Waals surface area (Å²) in [6, 6.07) is 36.6. The Kier molecular flexibility index (Phi) is 7.95. The van der Waals surface area contributed by atoms with E-state index >= 15 is 0 Å². The summed E-state index contributed by atoms with van der Waals surface area (Å²) in [4.78, 5) is 8.92. The molecule has 1 radical (unpaired) electrons. The van der Waals surface area contributed by atoms with Gasteiger partial charge in [-0.15, -0.1) is 70.9 Å². The molecule has 0 aliphatic carbocycles. The number of pyridine rings is 2. The summed E-state index contributed by atoms with van der Waals surface area (Å²) < 4.78 is 6.00. The van der Waals surface area contributed by atoms with Crippen LogP contribution in [-0.2, 0) is 20.1 Å². The molecule has 0 fully saturated rings. The monoisotopic (exact) mass is 663 g/mol. The van der Waals surface area contributed by atoms with Crippen LogP contribution >= 0.6 is 0 Å². The Morgan fingerprint density at radius 1 is 0.694 bits per heavy atom. The number of fused-ring (bicyclic) bond motifs is 3. The van der Waals surface area contributed by atoms with Gasteiger partial charge in [-0.3, -0.25) is 0 Å². The van der Waals surface area contributed by atoms with E-state index in [1.165, 1.54) is 5.19 Å². The molecule has 0 unspecified atom stereocenters. The number of benzene rings is 3. The molecule has 0 saturated carbocycles.